The predicted octanol–water partition coefficient (Wildman–Crippen LogP) is 4.05. The number of hydrazone groups is 1. The van der Waals surface area contributed by atoms with Crippen molar-refractivity contribution in [2.75, 3.05) is 13.6 Å². The van der Waals surface area contributed by atoms with Crippen molar-refractivity contribution in [2.45, 2.75) is 30.0 Å². The summed E-state index contributed by atoms with van der Waals surface area (Å²) >= 11 is 1.85. The number of thioether (sulfide) groups is 1. The standard InChI is InChI=1S/C21H23N3OS/c1-23(20(25)17-12-6-3-7-13-17)21-19(16-10-4-2-5-11-16)22-24-15-9-8-14-18(24)26-21/h2-7,10-13,18,21H,8-9,14-15H2,1H3. The van der Waals surface area contributed by atoms with Crippen LogP contribution in [-0.2, 0) is 0 Å². The fourth-order valence-electron chi connectivity index (χ4n) is 3.51. The van der Waals surface area contributed by atoms with Crippen LogP contribution in [0, 0.1) is 0 Å². The molecule has 2 heterocycles. The van der Waals surface area contributed by atoms with Crippen molar-refractivity contribution in [3.8, 4) is 0 Å². The molecule has 0 radical (unpaired) electrons. The lowest BCUT2D eigenvalue weighted by Gasteiger charge is -2.42. The summed E-state index contributed by atoms with van der Waals surface area (Å²) in [6, 6.07) is 19.7. The second-order valence-electron chi connectivity index (χ2n) is 6.74. The second-order valence-corrected chi connectivity index (χ2v) is 8.00. The molecule has 0 aliphatic carbocycles. The minimum atomic E-state index is -0.0792. The Kier molecular flexibility index (Phi) is 4.98. The van der Waals surface area contributed by atoms with E-state index in [1.54, 1.807) is 0 Å². The first-order valence-electron chi connectivity index (χ1n) is 9.12. The Morgan fingerprint density at radius 2 is 1.77 bits per heavy atom. The molecular weight excluding hydrogens is 342 g/mol. The van der Waals surface area contributed by atoms with Crippen molar-refractivity contribution in [3.05, 3.63) is 71.8 Å². The average molecular weight is 366 g/mol. The molecule has 1 fully saturated rings. The molecule has 0 spiro atoms. The lowest BCUT2D eigenvalue weighted by atomic mass is 10.1. The van der Waals surface area contributed by atoms with E-state index in [1.807, 2.05) is 72.2 Å². The Labute approximate surface area is 158 Å². The fourth-order valence-corrected chi connectivity index (χ4v) is 5.00. The van der Waals surface area contributed by atoms with Gasteiger partial charge < -0.3 is 4.90 Å². The molecule has 5 heteroatoms. The van der Waals surface area contributed by atoms with E-state index in [0.29, 0.717) is 10.9 Å². The number of rotatable bonds is 3. The van der Waals surface area contributed by atoms with E-state index in [1.165, 1.54) is 12.8 Å². The van der Waals surface area contributed by atoms with Gasteiger partial charge >= 0.3 is 0 Å². The summed E-state index contributed by atoms with van der Waals surface area (Å²) in [5.74, 6) is 0.0380. The lowest BCUT2D eigenvalue weighted by molar-refractivity contribution is 0.0798. The number of hydrogen-bond donors (Lipinski definition) is 0. The van der Waals surface area contributed by atoms with Gasteiger partial charge in [-0.15, -0.1) is 11.8 Å². The van der Waals surface area contributed by atoms with Gasteiger partial charge in [0.05, 0.1) is 5.37 Å². The Morgan fingerprint density at radius 1 is 1.08 bits per heavy atom. The normalized spacial score (nSPS) is 22.3. The number of benzene rings is 2. The van der Waals surface area contributed by atoms with Crippen LogP contribution in [0.3, 0.4) is 0 Å². The van der Waals surface area contributed by atoms with Gasteiger partial charge in [0.1, 0.15) is 11.1 Å². The summed E-state index contributed by atoms with van der Waals surface area (Å²) in [4.78, 5) is 14.9. The second kappa shape index (κ2) is 7.54. The van der Waals surface area contributed by atoms with Crippen molar-refractivity contribution in [2.24, 2.45) is 5.10 Å². The Bertz CT molecular complexity index is 793. The van der Waals surface area contributed by atoms with Gasteiger partial charge in [0.15, 0.2) is 0 Å². The minimum absolute atomic E-state index is 0.0380. The van der Waals surface area contributed by atoms with Crippen molar-refractivity contribution in [1.29, 1.82) is 0 Å². The molecule has 26 heavy (non-hydrogen) atoms. The van der Waals surface area contributed by atoms with Crippen LogP contribution in [-0.4, -0.2) is 45.9 Å². The Morgan fingerprint density at radius 3 is 2.50 bits per heavy atom. The molecule has 4 nitrogen and oxygen atoms in total. The SMILES string of the molecule is CN(C(=O)c1ccccc1)C1SC2CCCCN2N=C1c1ccccc1. The lowest BCUT2D eigenvalue weighted by Crippen LogP contribution is -2.49. The zero-order chi connectivity index (χ0) is 17.9. The van der Waals surface area contributed by atoms with Crippen LogP contribution in [0.1, 0.15) is 35.2 Å². The van der Waals surface area contributed by atoms with Crippen LogP contribution in [0.5, 0.6) is 0 Å². The molecule has 134 valence electrons. The summed E-state index contributed by atoms with van der Waals surface area (Å²) in [6.07, 6.45) is 3.54. The zero-order valence-corrected chi connectivity index (χ0v) is 15.7. The van der Waals surface area contributed by atoms with E-state index in [-0.39, 0.29) is 11.3 Å². The summed E-state index contributed by atoms with van der Waals surface area (Å²) in [6.45, 7) is 0.997. The molecule has 2 aliphatic heterocycles. The number of amides is 1. The maximum absolute atomic E-state index is 13.0. The molecule has 0 N–H and O–H groups in total. The van der Waals surface area contributed by atoms with Gasteiger partial charge in [-0.2, -0.15) is 5.10 Å². The molecule has 2 unspecified atom stereocenters. The topological polar surface area (TPSA) is 35.9 Å². The van der Waals surface area contributed by atoms with E-state index in [4.69, 9.17) is 5.10 Å². The monoisotopic (exact) mass is 365 g/mol. The molecule has 0 aromatic heterocycles. The summed E-state index contributed by atoms with van der Waals surface area (Å²) in [7, 11) is 1.89. The third kappa shape index (κ3) is 3.36. The van der Waals surface area contributed by atoms with Crippen molar-refractivity contribution < 1.29 is 4.79 Å². The fraction of sp³-hybridized carbons (Fsp3) is 0.333. The smallest absolute Gasteiger partial charge is 0.254 e. The summed E-state index contributed by atoms with van der Waals surface area (Å²) in [5, 5.41) is 7.48. The Balaban J connectivity index is 1.68. The van der Waals surface area contributed by atoms with Gasteiger partial charge in [0, 0.05) is 24.7 Å². The van der Waals surface area contributed by atoms with E-state index >= 15 is 0 Å². The third-order valence-electron chi connectivity index (χ3n) is 4.94. The first-order valence-corrected chi connectivity index (χ1v) is 10.1. The highest BCUT2D eigenvalue weighted by atomic mass is 32.2. The van der Waals surface area contributed by atoms with Crippen molar-refractivity contribution in [1.82, 2.24) is 9.91 Å². The van der Waals surface area contributed by atoms with Gasteiger partial charge in [-0.05, 0) is 31.4 Å². The molecule has 4 rings (SSSR count). The number of piperidine rings is 1. The molecule has 0 saturated carbocycles. The maximum atomic E-state index is 13.0. The van der Waals surface area contributed by atoms with Crippen molar-refractivity contribution in [3.63, 3.8) is 0 Å². The first kappa shape index (κ1) is 17.2. The van der Waals surface area contributed by atoms with Crippen LogP contribution >= 0.6 is 11.8 Å². The van der Waals surface area contributed by atoms with Crippen LogP contribution < -0.4 is 0 Å². The summed E-state index contributed by atoms with van der Waals surface area (Å²) < 4.78 is 0. The number of likely N-dealkylation sites (N-methyl/N-ethyl adjacent to an activating group) is 1. The molecule has 0 bridgehead atoms. The van der Waals surface area contributed by atoms with E-state index in [2.05, 4.69) is 17.1 Å². The number of fused-ring (bicyclic) bond motifs is 1. The van der Waals surface area contributed by atoms with E-state index < -0.39 is 0 Å². The zero-order valence-electron chi connectivity index (χ0n) is 14.9. The van der Waals surface area contributed by atoms with Gasteiger partial charge in [0.2, 0.25) is 0 Å². The van der Waals surface area contributed by atoms with Gasteiger partial charge in [-0.1, -0.05) is 48.5 Å². The average Bonchev–Trinajstić information content (AvgIpc) is 2.73. The molecule has 2 aromatic rings. The van der Waals surface area contributed by atoms with Gasteiger partial charge in [0.25, 0.3) is 5.91 Å². The molecule has 2 aromatic carbocycles. The first-order chi connectivity index (χ1) is 12.7. The molecule has 2 atom stereocenters. The van der Waals surface area contributed by atoms with Crippen LogP contribution in [0.4, 0.5) is 0 Å². The van der Waals surface area contributed by atoms with Crippen molar-refractivity contribution >= 4 is 23.4 Å². The highest BCUT2D eigenvalue weighted by Gasteiger charge is 2.37. The predicted molar refractivity (Wildman–Crippen MR) is 107 cm³/mol. The maximum Gasteiger partial charge on any atom is 0.254 e. The summed E-state index contributed by atoms with van der Waals surface area (Å²) in [5.41, 5.74) is 2.77. The van der Waals surface area contributed by atoms with Crippen LogP contribution in [0.15, 0.2) is 65.8 Å². The highest BCUT2D eigenvalue weighted by molar-refractivity contribution is 8.01. The number of nitrogens with zero attached hydrogens (tertiary/aromatic N) is 3. The van der Waals surface area contributed by atoms with E-state index in [9.17, 15) is 4.79 Å². The van der Waals surface area contributed by atoms with Gasteiger partial charge in [-0.25, -0.2) is 0 Å². The third-order valence-corrected chi connectivity index (χ3v) is 6.53. The number of carbonyl (C=O) groups excluding carboxylic acids is 1. The largest absolute Gasteiger partial charge is 0.324 e. The van der Waals surface area contributed by atoms with Gasteiger partial charge in [-0.3, -0.25) is 9.80 Å². The number of carbonyl (C=O) groups is 1. The highest BCUT2D eigenvalue weighted by Crippen LogP contribution is 2.37. The Hall–Kier alpha value is -2.27. The van der Waals surface area contributed by atoms with E-state index in [0.717, 1.165) is 24.2 Å². The quantitative estimate of drug-likeness (QED) is 0.823. The minimum Gasteiger partial charge on any atom is -0.324 e. The molecule has 2 aliphatic rings. The number of hydrogen-bond acceptors (Lipinski definition) is 4. The molecular formula is C21H23N3OS. The molecule has 1 saturated heterocycles. The molecule has 1 amide bonds. The van der Waals surface area contributed by atoms with Crippen LogP contribution in [0.25, 0.3) is 0 Å². The van der Waals surface area contributed by atoms with Crippen LogP contribution in [0.2, 0.25) is 0 Å².